The van der Waals surface area contributed by atoms with Crippen LogP contribution in [0.2, 0.25) is 0 Å². The van der Waals surface area contributed by atoms with Gasteiger partial charge in [-0.15, -0.1) is 24.8 Å². The number of hydrogen-bond donors (Lipinski definition) is 2. The number of nitrogens with one attached hydrogen (secondary N) is 1. The zero-order chi connectivity index (χ0) is 21.0. The Hall–Kier alpha value is -2.41. The van der Waals surface area contributed by atoms with Gasteiger partial charge in [0.2, 0.25) is 5.91 Å². The lowest BCUT2D eigenvalue weighted by Crippen LogP contribution is -2.46. The summed E-state index contributed by atoms with van der Waals surface area (Å²) in [5, 5.41) is 16.7. The van der Waals surface area contributed by atoms with E-state index in [0.717, 1.165) is 25.9 Å². The van der Waals surface area contributed by atoms with E-state index in [1.54, 1.807) is 29.9 Å². The number of carbonyl (C=O) groups excluding carboxylic acids is 1. The van der Waals surface area contributed by atoms with Crippen molar-refractivity contribution in [2.24, 2.45) is 11.7 Å². The number of aryl methyl sites for hydroxylation is 1. The van der Waals surface area contributed by atoms with Crippen LogP contribution in [-0.2, 0) is 11.3 Å². The van der Waals surface area contributed by atoms with Gasteiger partial charge in [-0.05, 0) is 37.8 Å². The van der Waals surface area contributed by atoms with Gasteiger partial charge in [0.05, 0.1) is 11.6 Å². The summed E-state index contributed by atoms with van der Waals surface area (Å²) in [5.74, 6) is 2.07. The Morgan fingerprint density at radius 1 is 1.35 bits per heavy atom. The van der Waals surface area contributed by atoms with Crippen LogP contribution in [0.1, 0.15) is 49.9 Å². The van der Waals surface area contributed by atoms with E-state index in [2.05, 4.69) is 31.4 Å². The summed E-state index contributed by atoms with van der Waals surface area (Å²) >= 11 is 0. The van der Waals surface area contributed by atoms with Crippen LogP contribution < -0.4 is 16.0 Å². The molecule has 3 rings (SSSR count). The second kappa shape index (κ2) is 11.8. The van der Waals surface area contributed by atoms with E-state index >= 15 is 0 Å². The molecule has 9 nitrogen and oxygen atoms in total. The first-order valence-corrected chi connectivity index (χ1v) is 9.95. The van der Waals surface area contributed by atoms with Gasteiger partial charge in [-0.25, -0.2) is 14.6 Å². The fraction of sp³-hybridized carbons (Fsp3) is 0.550. The van der Waals surface area contributed by atoms with Crippen LogP contribution in [0.4, 0.5) is 5.82 Å². The standard InChI is InChI=1S/C20H28N8O.2ClH/c1-13(2)18(22)20-24-14(3)26-28(20)12-17(29)25-16-6-9-27(10-7-16)19-15(11-21)5-4-8-23-19;;/h4-5,8,13,16,18H,6-7,9-10,12,22H2,1-3H3,(H,25,29);2*1H/t18-;;/m0../s1. The maximum absolute atomic E-state index is 12.6. The molecule has 1 atom stereocenters. The van der Waals surface area contributed by atoms with Crippen LogP contribution >= 0.6 is 24.8 Å². The zero-order valence-corrected chi connectivity index (χ0v) is 19.6. The quantitative estimate of drug-likeness (QED) is 0.664. The van der Waals surface area contributed by atoms with E-state index in [0.29, 0.717) is 23.0 Å². The number of pyridine rings is 1. The minimum Gasteiger partial charge on any atom is -0.355 e. The van der Waals surface area contributed by atoms with Crippen LogP contribution in [0, 0.1) is 24.2 Å². The smallest absolute Gasteiger partial charge is 0.242 e. The molecule has 0 spiro atoms. The average molecular weight is 469 g/mol. The Kier molecular flexibility index (Phi) is 10.2. The van der Waals surface area contributed by atoms with Gasteiger partial charge in [-0.3, -0.25) is 4.79 Å². The summed E-state index contributed by atoms with van der Waals surface area (Å²) in [4.78, 5) is 23.4. The number of halogens is 2. The van der Waals surface area contributed by atoms with Crippen molar-refractivity contribution in [1.29, 1.82) is 5.26 Å². The molecule has 3 N–H and O–H groups in total. The molecule has 31 heavy (non-hydrogen) atoms. The molecule has 11 heteroatoms. The Morgan fingerprint density at radius 3 is 2.65 bits per heavy atom. The van der Waals surface area contributed by atoms with E-state index in [4.69, 9.17) is 5.73 Å². The third-order valence-corrected chi connectivity index (χ3v) is 5.18. The highest BCUT2D eigenvalue weighted by Crippen LogP contribution is 2.21. The number of anilines is 1. The van der Waals surface area contributed by atoms with Gasteiger partial charge in [0.25, 0.3) is 0 Å². The van der Waals surface area contributed by atoms with Crippen molar-refractivity contribution in [2.75, 3.05) is 18.0 Å². The molecule has 0 bridgehead atoms. The van der Waals surface area contributed by atoms with Crippen molar-refractivity contribution >= 4 is 36.5 Å². The van der Waals surface area contributed by atoms with Gasteiger partial charge >= 0.3 is 0 Å². The Labute approximate surface area is 195 Å². The molecule has 0 saturated carbocycles. The largest absolute Gasteiger partial charge is 0.355 e. The molecule has 1 amide bonds. The molecule has 0 aromatic carbocycles. The van der Waals surface area contributed by atoms with E-state index in [1.807, 2.05) is 13.8 Å². The summed E-state index contributed by atoms with van der Waals surface area (Å²) in [6, 6.07) is 5.55. The van der Waals surface area contributed by atoms with Gasteiger partial charge in [0.15, 0.2) is 0 Å². The van der Waals surface area contributed by atoms with Crippen LogP contribution in [-0.4, -0.2) is 44.8 Å². The topological polar surface area (TPSA) is 126 Å². The van der Waals surface area contributed by atoms with Gasteiger partial charge in [-0.1, -0.05) is 13.8 Å². The van der Waals surface area contributed by atoms with Gasteiger partial charge in [0.1, 0.15) is 30.1 Å². The van der Waals surface area contributed by atoms with Crippen LogP contribution in [0.15, 0.2) is 18.3 Å². The first-order valence-electron chi connectivity index (χ1n) is 9.95. The molecule has 1 aliphatic heterocycles. The summed E-state index contributed by atoms with van der Waals surface area (Å²) in [6.45, 7) is 7.42. The van der Waals surface area contributed by atoms with Crippen LogP contribution in [0.25, 0.3) is 0 Å². The lowest BCUT2D eigenvalue weighted by atomic mass is 10.0. The highest BCUT2D eigenvalue weighted by molar-refractivity contribution is 5.85. The maximum Gasteiger partial charge on any atom is 0.242 e. The molecule has 1 saturated heterocycles. The minimum absolute atomic E-state index is 0. The molecular formula is C20H30Cl2N8O. The fourth-order valence-electron chi connectivity index (χ4n) is 3.51. The van der Waals surface area contributed by atoms with Crippen molar-refractivity contribution in [3.63, 3.8) is 0 Å². The van der Waals surface area contributed by atoms with Crippen molar-refractivity contribution in [3.05, 3.63) is 35.5 Å². The number of rotatable bonds is 6. The number of carbonyl (C=O) groups is 1. The van der Waals surface area contributed by atoms with E-state index in [-0.39, 0.29) is 55.3 Å². The molecular weight excluding hydrogens is 439 g/mol. The molecule has 2 aromatic rings. The third-order valence-electron chi connectivity index (χ3n) is 5.18. The van der Waals surface area contributed by atoms with Crippen molar-refractivity contribution in [3.8, 4) is 6.07 Å². The molecule has 2 aromatic heterocycles. The zero-order valence-electron chi connectivity index (χ0n) is 18.0. The van der Waals surface area contributed by atoms with Crippen LogP contribution in [0.3, 0.4) is 0 Å². The average Bonchev–Trinajstić information content (AvgIpc) is 3.07. The molecule has 170 valence electrons. The fourth-order valence-corrected chi connectivity index (χ4v) is 3.51. The summed E-state index contributed by atoms with van der Waals surface area (Å²) < 4.78 is 1.61. The Bertz CT molecular complexity index is 903. The number of aromatic nitrogens is 4. The van der Waals surface area contributed by atoms with Crippen LogP contribution in [0.5, 0.6) is 0 Å². The first kappa shape index (κ1) is 26.6. The summed E-state index contributed by atoms with van der Waals surface area (Å²) in [5.41, 5.74) is 6.79. The van der Waals surface area contributed by atoms with E-state index < -0.39 is 0 Å². The predicted octanol–water partition coefficient (Wildman–Crippen LogP) is 2.14. The third kappa shape index (κ3) is 6.53. The summed E-state index contributed by atoms with van der Waals surface area (Å²) in [7, 11) is 0. The number of nitrogens with zero attached hydrogens (tertiary/aromatic N) is 6. The van der Waals surface area contributed by atoms with Gasteiger partial charge in [-0.2, -0.15) is 10.4 Å². The SMILES string of the molecule is Cc1nc([C@@H](N)C(C)C)n(CC(=O)NC2CCN(c3ncccc3C#N)CC2)n1.Cl.Cl. The molecule has 0 aliphatic carbocycles. The summed E-state index contributed by atoms with van der Waals surface area (Å²) in [6.07, 6.45) is 3.29. The lowest BCUT2D eigenvalue weighted by molar-refractivity contribution is -0.122. The second-order valence-corrected chi connectivity index (χ2v) is 7.76. The predicted molar refractivity (Wildman–Crippen MR) is 123 cm³/mol. The molecule has 3 heterocycles. The molecule has 1 aliphatic rings. The number of piperidine rings is 1. The number of amides is 1. The van der Waals surface area contributed by atoms with Crippen molar-refractivity contribution < 1.29 is 4.79 Å². The van der Waals surface area contributed by atoms with Crippen molar-refractivity contribution in [1.82, 2.24) is 25.1 Å². The van der Waals surface area contributed by atoms with Gasteiger partial charge in [0, 0.05) is 25.3 Å². The normalized spacial score (nSPS) is 14.9. The van der Waals surface area contributed by atoms with E-state index in [9.17, 15) is 10.1 Å². The lowest BCUT2D eigenvalue weighted by Gasteiger charge is -2.33. The molecule has 0 radical (unpaired) electrons. The molecule has 0 unspecified atom stereocenters. The van der Waals surface area contributed by atoms with Crippen molar-refractivity contribution in [2.45, 2.75) is 52.2 Å². The Balaban J connectivity index is 0.00000240. The minimum atomic E-state index is -0.264. The monoisotopic (exact) mass is 468 g/mol. The number of nitrogens with two attached hydrogens (primary N) is 1. The van der Waals surface area contributed by atoms with Gasteiger partial charge < -0.3 is 16.0 Å². The highest BCUT2D eigenvalue weighted by atomic mass is 35.5. The maximum atomic E-state index is 12.6. The number of hydrogen-bond acceptors (Lipinski definition) is 7. The van der Waals surface area contributed by atoms with E-state index in [1.165, 1.54) is 0 Å². The first-order chi connectivity index (χ1) is 13.9. The molecule has 1 fully saturated rings. The Morgan fingerprint density at radius 2 is 2.03 bits per heavy atom. The highest BCUT2D eigenvalue weighted by Gasteiger charge is 2.24. The number of nitriles is 1. The second-order valence-electron chi connectivity index (χ2n) is 7.76.